The predicted molar refractivity (Wildman–Crippen MR) is 98.9 cm³/mol. The molecule has 6 heteroatoms. The van der Waals surface area contributed by atoms with Gasteiger partial charge in [0.2, 0.25) is 0 Å². The number of esters is 1. The summed E-state index contributed by atoms with van der Waals surface area (Å²) in [6.45, 7) is 4.42. The summed E-state index contributed by atoms with van der Waals surface area (Å²) in [7, 11) is 0. The largest absolute Gasteiger partial charge is 0.461 e. The van der Waals surface area contributed by atoms with Crippen LogP contribution >= 0.6 is 0 Å². The zero-order valence-electron chi connectivity index (χ0n) is 14.8. The van der Waals surface area contributed by atoms with Crippen LogP contribution in [0, 0.1) is 0 Å². The van der Waals surface area contributed by atoms with Crippen molar-refractivity contribution in [3.8, 4) is 0 Å². The number of anilines is 2. The molecule has 1 aliphatic heterocycles. The van der Waals surface area contributed by atoms with Crippen LogP contribution in [0.4, 0.5) is 11.4 Å². The lowest BCUT2D eigenvalue weighted by molar-refractivity contribution is 0.0195. The second-order valence-electron chi connectivity index (χ2n) is 6.87. The number of nitrogens with zero attached hydrogens (tertiary/aromatic N) is 1. The van der Waals surface area contributed by atoms with Gasteiger partial charge in [-0.3, -0.25) is 4.90 Å². The van der Waals surface area contributed by atoms with Crippen LogP contribution in [-0.2, 0) is 9.47 Å². The Bertz CT molecular complexity index is 567. The highest BCUT2D eigenvalue weighted by molar-refractivity contribution is 5.92. The Labute approximate surface area is 149 Å². The maximum atomic E-state index is 12.2. The van der Waals surface area contributed by atoms with E-state index in [2.05, 4.69) is 10.2 Å². The highest BCUT2D eigenvalue weighted by Gasteiger charge is 2.16. The fourth-order valence-corrected chi connectivity index (χ4v) is 3.46. The standard InChI is InChI=1S/C19H29N3O3/c20-17-14-15(6-7-18(17)21-16-4-2-1-3-5-16)19(23)25-13-10-22-8-11-24-12-9-22/h6-7,14,16,21H,1-5,8-13,20H2. The fraction of sp³-hybridized carbons (Fsp3) is 0.632. The van der Waals surface area contributed by atoms with Gasteiger partial charge in [0.05, 0.1) is 30.2 Å². The summed E-state index contributed by atoms with van der Waals surface area (Å²) in [6, 6.07) is 5.88. The third-order valence-corrected chi connectivity index (χ3v) is 5.00. The van der Waals surface area contributed by atoms with Crippen molar-refractivity contribution in [2.75, 3.05) is 50.5 Å². The summed E-state index contributed by atoms with van der Waals surface area (Å²) in [4.78, 5) is 14.4. The molecule has 1 heterocycles. The molecular formula is C19H29N3O3. The molecule has 0 atom stereocenters. The number of benzene rings is 1. The molecule has 1 aromatic carbocycles. The van der Waals surface area contributed by atoms with Crippen LogP contribution in [0.1, 0.15) is 42.5 Å². The summed E-state index contributed by atoms with van der Waals surface area (Å²) in [5.41, 5.74) is 8.16. The molecule has 138 valence electrons. The molecule has 0 spiro atoms. The van der Waals surface area contributed by atoms with Crippen LogP contribution in [0.5, 0.6) is 0 Å². The molecule has 25 heavy (non-hydrogen) atoms. The molecule has 1 aliphatic carbocycles. The first-order valence-corrected chi connectivity index (χ1v) is 9.35. The second kappa shape index (κ2) is 9.06. The molecule has 0 radical (unpaired) electrons. The Morgan fingerprint density at radius 3 is 2.72 bits per heavy atom. The average Bonchev–Trinajstić information content (AvgIpc) is 2.65. The summed E-state index contributed by atoms with van der Waals surface area (Å²) in [5.74, 6) is -0.316. The van der Waals surface area contributed by atoms with Crippen molar-refractivity contribution >= 4 is 17.3 Å². The Hall–Kier alpha value is -1.79. The van der Waals surface area contributed by atoms with Gasteiger partial charge in [-0.05, 0) is 31.0 Å². The second-order valence-corrected chi connectivity index (χ2v) is 6.87. The lowest BCUT2D eigenvalue weighted by Crippen LogP contribution is -2.38. The third kappa shape index (κ3) is 5.34. The van der Waals surface area contributed by atoms with Crippen molar-refractivity contribution in [1.29, 1.82) is 0 Å². The van der Waals surface area contributed by atoms with Crippen molar-refractivity contribution in [2.45, 2.75) is 38.1 Å². The summed E-state index contributed by atoms with van der Waals surface area (Å²) in [6.07, 6.45) is 6.23. The van der Waals surface area contributed by atoms with Gasteiger partial charge in [-0.2, -0.15) is 0 Å². The molecule has 0 amide bonds. The molecule has 3 rings (SSSR count). The molecule has 0 bridgehead atoms. The normalized spacial score (nSPS) is 19.5. The lowest BCUT2D eigenvalue weighted by Gasteiger charge is -2.26. The van der Waals surface area contributed by atoms with Gasteiger partial charge in [0.15, 0.2) is 0 Å². The molecular weight excluding hydrogens is 318 g/mol. The van der Waals surface area contributed by atoms with E-state index in [0.717, 1.165) is 38.5 Å². The first-order valence-electron chi connectivity index (χ1n) is 9.35. The van der Waals surface area contributed by atoms with E-state index < -0.39 is 0 Å². The lowest BCUT2D eigenvalue weighted by atomic mass is 9.95. The zero-order chi connectivity index (χ0) is 17.5. The van der Waals surface area contributed by atoms with E-state index in [1.165, 1.54) is 32.1 Å². The minimum absolute atomic E-state index is 0.316. The van der Waals surface area contributed by atoms with Gasteiger partial charge in [0.1, 0.15) is 6.61 Å². The van der Waals surface area contributed by atoms with Crippen LogP contribution in [-0.4, -0.2) is 56.4 Å². The number of carbonyl (C=O) groups excluding carboxylic acids is 1. The topological polar surface area (TPSA) is 76.8 Å². The van der Waals surface area contributed by atoms with Gasteiger partial charge in [-0.1, -0.05) is 19.3 Å². The van der Waals surface area contributed by atoms with Crippen molar-refractivity contribution in [1.82, 2.24) is 4.90 Å². The Morgan fingerprint density at radius 2 is 2.00 bits per heavy atom. The Balaban J connectivity index is 1.48. The monoisotopic (exact) mass is 347 g/mol. The van der Waals surface area contributed by atoms with Gasteiger partial charge < -0.3 is 20.5 Å². The van der Waals surface area contributed by atoms with Gasteiger partial charge in [0.25, 0.3) is 0 Å². The van der Waals surface area contributed by atoms with E-state index in [4.69, 9.17) is 15.2 Å². The molecule has 1 saturated heterocycles. The van der Waals surface area contributed by atoms with E-state index in [-0.39, 0.29) is 5.97 Å². The van der Waals surface area contributed by atoms with Gasteiger partial charge in [-0.15, -0.1) is 0 Å². The van der Waals surface area contributed by atoms with E-state index in [1.54, 1.807) is 12.1 Å². The van der Waals surface area contributed by atoms with E-state index in [9.17, 15) is 4.79 Å². The van der Waals surface area contributed by atoms with Gasteiger partial charge in [-0.25, -0.2) is 4.79 Å². The number of carbonyl (C=O) groups is 1. The first-order chi connectivity index (χ1) is 12.2. The SMILES string of the molecule is Nc1cc(C(=O)OCCN2CCOCC2)ccc1NC1CCCCC1. The molecule has 3 N–H and O–H groups in total. The molecule has 1 aromatic rings. The van der Waals surface area contributed by atoms with Crippen molar-refractivity contribution < 1.29 is 14.3 Å². The van der Waals surface area contributed by atoms with E-state index >= 15 is 0 Å². The summed E-state index contributed by atoms with van der Waals surface area (Å²) in [5, 5.41) is 3.51. The van der Waals surface area contributed by atoms with Crippen molar-refractivity contribution in [2.24, 2.45) is 0 Å². The van der Waals surface area contributed by atoms with Crippen LogP contribution in [0.25, 0.3) is 0 Å². The minimum atomic E-state index is -0.316. The summed E-state index contributed by atoms with van der Waals surface area (Å²) >= 11 is 0. The van der Waals surface area contributed by atoms with Crippen LogP contribution < -0.4 is 11.1 Å². The van der Waals surface area contributed by atoms with E-state index in [1.807, 2.05) is 6.07 Å². The number of rotatable bonds is 6. The third-order valence-electron chi connectivity index (χ3n) is 5.00. The van der Waals surface area contributed by atoms with Crippen molar-refractivity contribution in [3.63, 3.8) is 0 Å². The van der Waals surface area contributed by atoms with Crippen LogP contribution in [0.15, 0.2) is 18.2 Å². The maximum absolute atomic E-state index is 12.2. The minimum Gasteiger partial charge on any atom is -0.461 e. The molecule has 0 aromatic heterocycles. The smallest absolute Gasteiger partial charge is 0.338 e. The highest BCUT2D eigenvalue weighted by Crippen LogP contribution is 2.26. The number of morpholine rings is 1. The van der Waals surface area contributed by atoms with Crippen molar-refractivity contribution in [3.05, 3.63) is 23.8 Å². The summed E-state index contributed by atoms with van der Waals surface area (Å²) < 4.78 is 10.7. The molecule has 2 fully saturated rings. The molecule has 6 nitrogen and oxygen atoms in total. The quantitative estimate of drug-likeness (QED) is 0.608. The van der Waals surface area contributed by atoms with Crippen LogP contribution in [0.3, 0.4) is 0 Å². The van der Waals surface area contributed by atoms with Crippen LogP contribution in [0.2, 0.25) is 0 Å². The number of ether oxygens (including phenoxy) is 2. The predicted octanol–water partition coefficient (Wildman–Crippen LogP) is 2.50. The average molecular weight is 347 g/mol. The molecule has 2 aliphatic rings. The zero-order valence-corrected chi connectivity index (χ0v) is 14.8. The molecule has 0 unspecified atom stereocenters. The number of nitrogens with one attached hydrogen (secondary N) is 1. The molecule has 1 saturated carbocycles. The maximum Gasteiger partial charge on any atom is 0.338 e. The number of hydrogen-bond acceptors (Lipinski definition) is 6. The van der Waals surface area contributed by atoms with Gasteiger partial charge in [0, 0.05) is 25.7 Å². The first kappa shape index (κ1) is 18.0. The Kier molecular flexibility index (Phi) is 6.53. The Morgan fingerprint density at radius 1 is 1.24 bits per heavy atom. The fourth-order valence-electron chi connectivity index (χ4n) is 3.46. The van der Waals surface area contributed by atoms with Gasteiger partial charge >= 0.3 is 5.97 Å². The number of nitrogen functional groups attached to an aromatic ring is 1. The number of nitrogens with two attached hydrogens (primary N) is 1. The highest BCUT2D eigenvalue weighted by atomic mass is 16.5. The number of hydrogen-bond donors (Lipinski definition) is 2. The van der Waals surface area contributed by atoms with E-state index in [0.29, 0.717) is 23.9 Å².